The predicted molar refractivity (Wildman–Crippen MR) is 107 cm³/mol. The molecule has 1 aromatic heterocycles. The minimum absolute atomic E-state index is 0.613. The van der Waals surface area contributed by atoms with E-state index in [9.17, 15) is 0 Å². The molecular formula is C23H26N2. The van der Waals surface area contributed by atoms with E-state index in [4.69, 9.17) is 0 Å². The van der Waals surface area contributed by atoms with Crippen LogP contribution in [-0.2, 0) is 6.54 Å². The van der Waals surface area contributed by atoms with Crippen molar-refractivity contribution < 1.29 is 0 Å². The quantitative estimate of drug-likeness (QED) is 0.610. The number of unbranched alkanes of at least 4 members (excludes halogenated alkanes) is 1. The normalized spacial score (nSPS) is 17.6. The second-order valence-corrected chi connectivity index (χ2v) is 6.97. The summed E-state index contributed by atoms with van der Waals surface area (Å²) in [5, 5.41) is 5.00. The highest BCUT2D eigenvalue weighted by atomic mass is 14.9. The van der Waals surface area contributed by atoms with Gasteiger partial charge in [0.15, 0.2) is 0 Å². The van der Waals surface area contributed by atoms with Gasteiger partial charge in [-0.1, -0.05) is 61.0 Å². The van der Waals surface area contributed by atoms with Gasteiger partial charge in [0.25, 0.3) is 0 Å². The van der Waals surface area contributed by atoms with Crippen LogP contribution < -0.4 is 5.32 Å². The van der Waals surface area contributed by atoms with Gasteiger partial charge in [0.1, 0.15) is 0 Å². The van der Waals surface area contributed by atoms with E-state index >= 15 is 0 Å². The van der Waals surface area contributed by atoms with Gasteiger partial charge in [0, 0.05) is 30.8 Å². The van der Waals surface area contributed by atoms with E-state index in [2.05, 4.69) is 82.8 Å². The molecular weight excluding hydrogens is 304 g/mol. The third-order valence-electron chi connectivity index (χ3n) is 5.25. The zero-order chi connectivity index (χ0) is 16.9. The molecule has 0 bridgehead atoms. The van der Waals surface area contributed by atoms with Gasteiger partial charge in [-0.15, -0.1) is 0 Å². The molecule has 1 unspecified atom stereocenters. The minimum Gasteiger partial charge on any atom is -0.347 e. The van der Waals surface area contributed by atoms with Gasteiger partial charge < -0.3 is 9.88 Å². The number of fused-ring (bicyclic) bond motifs is 1. The van der Waals surface area contributed by atoms with Gasteiger partial charge in [-0.2, -0.15) is 0 Å². The summed E-state index contributed by atoms with van der Waals surface area (Å²) in [6.45, 7) is 2.11. The summed E-state index contributed by atoms with van der Waals surface area (Å²) in [7, 11) is 0. The zero-order valence-electron chi connectivity index (χ0n) is 14.7. The van der Waals surface area contributed by atoms with Crippen LogP contribution in [-0.4, -0.2) is 17.2 Å². The lowest BCUT2D eigenvalue weighted by Crippen LogP contribution is -2.32. The molecule has 1 aliphatic heterocycles. The first kappa shape index (κ1) is 16.2. The maximum absolute atomic E-state index is 3.66. The van der Waals surface area contributed by atoms with Gasteiger partial charge >= 0.3 is 0 Å². The van der Waals surface area contributed by atoms with E-state index in [0.717, 1.165) is 19.5 Å². The molecule has 2 heteroatoms. The van der Waals surface area contributed by atoms with Crippen LogP contribution in [0.5, 0.6) is 0 Å². The fourth-order valence-corrected chi connectivity index (χ4v) is 3.87. The van der Waals surface area contributed by atoms with Crippen LogP contribution >= 0.6 is 0 Å². The first-order valence-electron chi connectivity index (χ1n) is 9.42. The summed E-state index contributed by atoms with van der Waals surface area (Å²) in [5.74, 6) is 0. The number of para-hydroxylation sites is 1. The van der Waals surface area contributed by atoms with Gasteiger partial charge in [-0.05, 0) is 47.9 Å². The second-order valence-electron chi connectivity index (χ2n) is 6.97. The molecule has 0 saturated carbocycles. The van der Waals surface area contributed by atoms with Crippen molar-refractivity contribution in [3.63, 3.8) is 0 Å². The fourth-order valence-electron chi connectivity index (χ4n) is 3.87. The molecule has 0 aliphatic carbocycles. The van der Waals surface area contributed by atoms with E-state index in [1.807, 2.05) is 0 Å². The zero-order valence-corrected chi connectivity index (χ0v) is 14.7. The molecule has 1 aliphatic rings. The number of rotatable bonds is 6. The van der Waals surface area contributed by atoms with Crippen molar-refractivity contribution in [3.8, 4) is 0 Å². The molecule has 2 aromatic carbocycles. The highest BCUT2D eigenvalue weighted by molar-refractivity contribution is 5.79. The van der Waals surface area contributed by atoms with E-state index < -0.39 is 0 Å². The fraction of sp³-hybridized carbons (Fsp3) is 0.304. The Balaban J connectivity index is 1.27. The maximum atomic E-state index is 3.66. The molecule has 2 nitrogen and oxygen atoms in total. The summed E-state index contributed by atoms with van der Waals surface area (Å²) < 4.78 is 2.39. The third kappa shape index (κ3) is 3.85. The lowest BCUT2D eigenvalue weighted by Gasteiger charge is -2.24. The van der Waals surface area contributed by atoms with Crippen molar-refractivity contribution in [2.45, 2.75) is 38.3 Å². The number of aryl methyl sites for hydroxylation is 1. The van der Waals surface area contributed by atoms with Crippen LogP contribution in [0.1, 0.15) is 31.2 Å². The van der Waals surface area contributed by atoms with E-state index in [1.165, 1.54) is 41.3 Å². The number of aromatic nitrogens is 1. The number of nitrogens with one attached hydrogen (secondary N) is 1. The van der Waals surface area contributed by atoms with Crippen molar-refractivity contribution in [3.05, 3.63) is 78.5 Å². The molecule has 1 N–H and O–H groups in total. The minimum atomic E-state index is 0.613. The summed E-state index contributed by atoms with van der Waals surface area (Å²) in [6, 6.07) is 22.3. The largest absolute Gasteiger partial charge is 0.347 e. The van der Waals surface area contributed by atoms with Gasteiger partial charge in [0.05, 0.1) is 0 Å². The maximum Gasteiger partial charge on any atom is 0.0480 e. The monoisotopic (exact) mass is 330 g/mol. The molecule has 0 spiro atoms. The molecule has 0 amide bonds. The van der Waals surface area contributed by atoms with Crippen molar-refractivity contribution in [2.75, 3.05) is 6.54 Å². The average molecular weight is 330 g/mol. The second kappa shape index (κ2) is 7.71. The Morgan fingerprint density at radius 3 is 2.68 bits per heavy atom. The van der Waals surface area contributed by atoms with Crippen LogP contribution in [0.25, 0.3) is 16.5 Å². The molecule has 128 valence electrons. The molecule has 0 radical (unpaired) electrons. The Kier molecular flexibility index (Phi) is 4.98. The van der Waals surface area contributed by atoms with Crippen LogP contribution in [0.4, 0.5) is 0 Å². The highest BCUT2D eigenvalue weighted by Crippen LogP contribution is 2.24. The van der Waals surface area contributed by atoms with Crippen LogP contribution in [0, 0.1) is 0 Å². The first-order valence-corrected chi connectivity index (χ1v) is 9.42. The summed E-state index contributed by atoms with van der Waals surface area (Å²) in [6.07, 6.45) is 9.48. The van der Waals surface area contributed by atoms with Crippen molar-refractivity contribution in [1.29, 1.82) is 0 Å². The third-order valence-corrected chi connectivity index (χ3v) is 5.25. The topological polar surface area (TPSA) is 17.0 Å². The average Bonchev–Trinajstić information content (AvgIpc) is 3.09. The molecule has 25 heavy (non-hydrogen) atoms. The lowest BCUT2D eigenvalue weighted by molar-refractivity contribution is 0.466. The Labute approximate surface area is 150 Å². The van der Waals surface area contributed by atoms with Crippen LogP contribution in [0.3, 0.4) is 0 Å². The van der Waals surface area contributed by atoms with E-state index in [-0.39, 0.29) is 0 Å². The van der Waals surface area contributed by atoms with Gasteiger partial charge in [0.2, 0.25) is 0 Å². The first-order chi connectivity index (χ1) is 12.4. The molecule has 1 atom stereocenters. The van der Waals surface area contributed by atoms with Crippen molar-refractivity contribution in [2.24, 2.45) is 0 Å². The highest BCUT2D eigenvalue weighted by Gasteiger charge is 2.15. The van der Waals surface area contributed by atoms with Gasteiger partial charge in [-0.3, -0.25) is 0 Å². The van der Waals surface area contributed by atoms with Gasteiger partial charge in [-0.25, -0.2) is 0 Å². The summed E-state index contributed by atoms with van der Waals surface area (Å²) in [5.41, 5.74) is 4.24. The Morgan fingerprint density at radius 1 is 0.920 bits per heavy atom. The molecule has 3 aromatic rings. The standard InChI is InChI=1S/C23H26N2/c1-2-8-19(9-3-1)21-13-15-24-22(18-21)11-6-7-16-25-17-14-20-10-4-5-12-23(20)25/h1-5,8-10,12-14,17,22,24H,6-7,11,15-16,18H2. The van der Waals surface area contributed by atoms with Crippen molar-refractivity contribution in [1.82, 2.24) is 9.88 Å². The Hall–Kier alpha value is -2.32. The molecule has 0 fully saturated rings. The lowest BCUT2D eigenvalue weighted by atomic mass is 9.93. The number of hydrogen-bond acceptors (Lipinski definition) is 1. The summed E-state index contributed by atoms with van der Waals surface area (Å²) in [4.78, 5) is 0. The van der Waals surface area contributed by atoms with Crippen LogP contribution in [0.2, 0.25) is 0 Å². The number of nitrogens with zero attached hydrogens (tertiary/aromatic N) is 1. The Morgan fingerprint density at radius 2 is 1.76 bits per heavy atom. The molecule has 2 heterocycles. The molecule has 4 rings (SSSR count). The number of benzene rings is 2. The smallest absolute Gasteiger partial charge is 0.0480 e. The SMILES string of the molecule is C1=C(c2ccccc2)CC(CCCCn2ccc3ccccc32)NC1. The van der Waals surface area contributed by atoms with Crippen molar-refractivity contribution >= 4 is 16.5 Å². The van der Waals surface area contributed by atoms with E-state index in [0.29, 0.717) is 6.04 Å². The molecule has 0 saturated heterocycles. The van der Waals surface area contributed by atoms with Crippen LogP contribution in [0.15, 0.2) is 72.9 Å². The van der Waals surface area contributed by atoms with E-state index in [1.54, 1.807) is 0 Å². The number of hydrogen-bond donors (Lipinski definition) is 1. The summed E-state index contributed by atoms with van der Waals surface area (Å²) >= 11 is 0. The Bertz CT molecular complexity index is 845. The predicted octanol–water partition coefficient (Wildman–Crippen LogP) is 5.26.